The molecule has 0 radical (unpaired) electrons. The number of nitrogens with one attached hydrogen (secondary N) is 1. The molecule has 2 aliphatic heterocycles. The molecule has 8 heteroatoms. The lowest BCUT2D eigenvalue weighted by molar-refractivity contribution is 0.0733. The highest BCUT2D eigenvalue weighted by atomic mass is 32.2. The number of sulfonamides is 1. The zero-order valence-corrected chi connectivity index (χ0v) is 21.6. The van der Waals surface area contributed by atoms with Crippen molar-refractivity contribution in [3.63, 3.8) is 0 Å². The highest BCUT2D eigenvalue weighted by Gasteiger charge is 2.28. The van der Waals surface area contributed by atoms with Crippen molar-refractivity contribution in [2.45, 2.75) is 30.7 Å². The summed E-state index contributed by atoms with van der Waals surface area (Å²) in [6.07, 6.45) is 3.48. The van der Waals surface area contributed by atoms with Gasteiger partial charge in [-0.15, -0.1) is 4.40 Å². The molecular weight excluding hydrogens is 498 g/mol. The summed E-state index contributed by atoms with van der Waals surface area (Å²) in [5.41, 5.74) is 2.57. The molecule has 7 nitrogen and oxygen atoms in total. The van der Waals surface area contributed by atoms with Gasteiger partial charge in [-0.2, -0.15) is 8.42 Å². The van der Waals surface area contributed by atoms with Crippen LogP contribution >= 0.6 is 0 Å². The summed E-state index contributed by atoms with van der Waals surface area (Å²) in [6.45, 7) is 2.58. The zero-order valence-electron chi connectivity index (χ0n) is 20.8. The number of nitrogens with zero attached hydrogens (tertiary/aromatic N) is 2. The third kappa shape index (κ3) is 4.80. The molecule has 2 heterocycles. The van der Waals surface area contributed by atoms with E-state index in [1.54, 1.807) is 42.5 Å². The fourth-order valence-corrected chi connectivity index (χ4v) is 6.31. The van der Waals surface area contributed by atoms with E-state index in [-0.39, 0.29) is 10.7 Å². The SMILES string of the molecule is O=C(Oc1ccc(NC2=NS(=O)(=O)c3ccccc32)cc1CN1CCCCC1)c1cccc2ccccc12. The van der Waals surface area contributed by atoms with E-state index in [0.29, 0.717) is 29.1 Å². The van der Waals surface area contributed by atoms with Crippen molar-refractivity contribution < 1.29 is 17.9 Å². The second-order valence-electron chi connectivity index (χ2n) is 9.61. The largest absolute Gasteiger partial charge is 0.423 e. The minimum absolute atomic E-state index is 0.191. The van der Waals surface area contributed by atoms with Gasteiger partial charge in [-0.1, -0.05) is 55.0 Å². The van der Waals surface area contributed by atoms with E-state index >= 15 is 0 Å². The Labute approximate surface area is 221 Å². The van der Waals surface area contributed by atoms with Gasteiger partial charge < -0.3 is 10.1 Å². The summed E-state index contributed by atoms with van der Waals surface area (Å²) in [4.78, 5) is 15.9. The molecule has 0 aliphatic carbocycles. The molecule has 4 aromatic rings. The summed E-state index contributed by atoms with van der Waals surface area (Å²) in [5, 5.41) is 5.00. The summed E-state index contributed by atoms with van der Waals surface area (Å²) >= 11 is 0. The Balaban J connectivity index is 1.32. The van der Waals surface area contributed by atoms with Crippen molar-refractivity contribution >= 4 is 38.3 Å². The molecule has 0 saturated carbocycles. The smallest absolute Gasteiger partial charge is 0.344 e. The lowest BCUT2D eigenvalue weighted by Gasteiger charge is -2.27. The van der Waals surface area contributed by atoms with Crippen LogP contribution in [0.5, 0.6) is 5.75 Å². The Morgan fingerprint density at radius 2 is 1.66 bits per heavy atom. The highest BCUT2D eigenvalue weighted by Crippen LogP contribution is 2.30. The van der Waals surface area contributed by atoms with Crippen LogP contribution in [-0.4, -0.2) is 38.2 Å². The van der Waals surface area contributed by atoms with Crippen molar-refractivity contribution in [1.82, 2.24) is 4.90 Å². The normalized spacial score (nSPS) is 16.6. The van der Waals surface area contributed by atoms with Crippen LogP contribution in [0.2, 0.25) is 0 Å². The number of carbonyl (C=O) groups is 1. The van der Waals surface area contributed by atoms with Gasteiger partial charge in [0.05, 0.1) is 5.56 Å². The van der Waals surface area contributed by atoms with Gasteiger partial charge in [-0.05, 0) is 73.1 Å². The van der Waals surface area contributed by atoms with Gasteiger partial charge in [0.2, 0.25) is 0 Å². The molecule has 192 valence electrons. The van der Waals surface area contributed by atoms with Gasteiger partial charge in [0.25, 0.3) is 10.0 Å². The molecule has 0 unspecified atom stereocenters. The van der Waals surface area contributed by atoms with Crippen molar-refractivity contribution in [3.05, 3.63) is 102 Å². The minimum atomic E-state index is -3.73. The molecule has 0 atom stereocenters. The van der Waals surface area contributed by atoms with E-state index in [2.05, 4.69) is 14.6 Å². The fraction of sp³-hybridized carbons (Fsp3) is 0.200. The van der Waals surface area contributed by atoms with Crippen LogP contribution in [0.1, 0.15) is 40.7 Å². The monoisotopic (exact) mass is 525 g/mol. The predicted molar refractivity (Wildman–Crippen MR) is 148 cm³/mol. The van der Waals surface area contributed by atoms with Crippen LogP contribution in [0.4, 0.5) is 5.69 Å². The van der Waals surface area contributed by atoms with Gasteiger partial charge in [0.15, 0.2) is 5.84 Å². The molecule has 1 N–H and O–H groups in total. The number of hydrogen-bond donors (Lipinski definition) is 1. The molecule has 1 fully saturated rings. The standard InChI is InChI=1S/C30H27N3O4S/c34-30(25-13-8-10-21-9-2-3-11-24(21)25)37-27-16-15-23(19-22(27)20-33-17-6-1-7-18-33)31-29-26-12-4-5-14-28(26)38(35,36)32-29/h2-5,8-16,19H,1,6-7,17-18,20H2,(H,31,32). The average molecular weight is 526 g/mol. The summed E-state index contributed by atoms with van der Waals surface area (Å²) in [5.74, 6) is 0.355. The fourth-order valence-electron chi connectivity index (χ4n) is 5.13. The number of fused-ring (bicyclic) bond motifs is 2. The van der Waals surface area contributed by atoms with Crippen molar-refractivity contribution in [2.75, 3.05) is 18.4 Å². The Morgan fingerprint density at radius 3 is 2.53 bits per heavy atom. The highest BCUT2D eigenvalue weighted by molar-refractivity contribution is 7.90. The van der Waals surface area contributed by atoms with Crippen molar-refractivity contribution in [1.29, 1.82) is 0 Å². The number of carbonyl (C=O) groups excluding carboxylic acids is 1. The molecule has 6 rings (SSSR count). The van der Waals surface area contributed by atoms with Crippen LogP contribution in [0.15, 0.2) is 94.2 Å². The van der Waals surface area contributed by atoms with Gasteiger partial charge in [0, 0.05) is 23.4 Å². The number of hydrogen-bond acceptors (Lipinski definition) is 6. The van der Waals surface area contributed by atoms with Gasteiger partial charge in [-0.3, -0.25) is 4.90 Å². The molecule has 1 saturated heterocycles. The Morgan fingerprint density at radius 1 is 0.895 bits per heavy atom. The van der Waals surface area contributed by atoms with Crippen LogP contribution < -0.4 is 10.1 Å². The molecule has 0 spiro atoms. The topological polar surface area (TPSA) is 88.1 Å². The first-order valence-electron chi connectivity index (χ1n) is 12.7. The number of rotatable bonds is 5. The van der Waals surface area contributed by atoms with E-state index in [0.717, 1.165) is 42.3 Å². The lowest BCUT2D eigenvalue weighted by atomic mass is 10.0. The number of esters is 1. The number of ether oxygens (including phenoxy) is 1. The van der Waals surface area contributed by atoms with Crippen molar-refractivity contribution in [2.24, 2.45) is 4.40 Å². The Kier molecular flexibility index (Phi) is 6.43. The van der Waals surface area contributed by atoms with Gasteiger partial charge in [-0.25, -0.2) is 4.79 Å². The first-order chi connectivity index (χ1) is 18.5. The number of benzene rings is 4. The molecule has 38 heavy (non-hydrogen) atoms. The lowest BCUT2D eigenvalue weighted by Crippen LogP contribution is -2.29. The number of anilines is 1. The molecule has 0 amide bonds. The zero-order chi connectivity index (χ0) is 26.1. The molecular formula is C30H27N3O4S. The first kappa shape index (κ1) is 24.3. The Bertz CT molecular complexity index is 1670. The molecule has 0 bridgehead atoms. The second-order valence-corrected chi connectivity index (χ2v) is 11.2. The summed E-state index contributed by atoms with van der Waals surface area (Å²) in [7, 11) is -3.73. The third-order valence-corrected chi connectivity index (χ3v) is 8.34. The molecule has 0 aromatic heterocycles. The maximum atomic E-state index is 13.3. The number of likely N-dealkylation sites (tertiary alicyclic amines) is 1. The molecule has 4 aromatic carbocycles. The van der Waals surface area contributed by atoms with Crippen molar-refractivity contribution in [3.8, 4) is 5.75 Å². The molecule has 2 aliphatic rings. The van der Waals surface area contributed by atoms with Crippen LogP contribution in [0.3, 0.4) is 0 Å². The van der Waals surface area contributed by atoms with E-state index in [1.165, 1.54) is 6.42 Å². The third-order valence-electron chi connectivity index (χ3n) is 7.01. The van der Waals surface area contributed by atoms with E-state index in [4.69, 9.17) is 4.74 Å². The average Bonchev–Trinajstić information content (AvgIpc) is 3.19. The van der Waals surface area contributed by atoms with Gasteiger partial charge >= 0.3 is 5.97 Å². The minimum Gasteiger partial charge on any atom is -0.423 e. The maximum Gasteiger partial charge on any atom is 0.344 e. The predicted octanol–water partition coefficient (Wildman–Crippen LogP) is 5.61. The van der Waals surface area contributed by atoms with Crippen LogP contribution in [-0.2, 0) is 16.6 Å². The number of piperidine rings is 1. The van der Waals surface area contributed by atoms with Gasteiger partial charge in [0.1, 0.15) is 10.6 Å². The summed E-state index contributed by atoms with van der Waals surface area (Å²) < 4.78 is 34.9. The maximum absolute atomic E-state index is 13.3. The quantitative estimate of drug-likeness (QED) is 0.269. The second kappa shape index (κ2) is 10.0. The van der Waals surface area contributed by atoms with Crippen LogP contribution in [0.25, 0.3) is 10.8 Å². The van der Waals surface area contributed by atoms with E-state index in [1.807, 2.05) is 42.5 Å². The van der Waals surface area contributed by atoms with E-state index in [9.17, 15) is 13.2 Å². The summed E-state index contributed by atoms with van der Waals surface area (Å²) in [6, 6.07) is 25.6. The van der Waals surface area contributed by atoms with E-state index < -0.39 is 16.0 Å². The van der Waals surface area contributed by atoms with Crippen LogP contribution in [0, 0.1) is 0 Å². The Hall–Kier alpha value is -4.01. The number of amidine groups is 1. The first-order valence-corrected chi connectivity index (χ1v) is 14.2.